The van der Waals surface area contributed by atoms with Crippen LogP contribution in [0.1, 0.15) is 22.3 Å². The van der Waals surface area contributed by atoms with Gasteiger partial charge in [-0.25, -0.2) is 0 Å². The molecular weight excluding hydrogens is 515 g/mol. The molecule has 4 rings (SSSR count). The van der Waals surface area contributed by atoms with E-state index < -0.39 is 0 Å². The second kappa shape index (κ2) is 12.4. The van der Waals surface area contributed by atoms with Gasteiger partial charge >= 0.3 is 0 Å². The summed E-state index contributed by atoms with van der Waals surface area (Å²) >= 11 is 12.5. The Hall–Kier alpha value is -4.12. The first-order valence-corrected chi connectivity index (χ1v) is 12.7. The largest absolute Gasteiger partial charge is 0.321 e. The van der Waals surface area contributed by atoms with Crippen LogP contribution >= 0.6 is 23.2 Å². The van der Waals surface area contributed by atoms with E-state index in [4.69, 9.17) is 23.2 Å². The highest BCUT2D eigenvalue weighted by molar-refractivity contribution is 6.46. The van der Waals surface area contributed by atoms with Gasteiger partial charge in [0.25, 0.3) is 11.8 Å². The van der Waals surface area contributed by atoms with Gasteiger partial charge in [0.05, 0.1) is 0 Å². The molecule has 0 aliphatic carbocycles. The van der Waals surface area contributed by atoms with Gasteiger partial charge in [0.15, 0.2) is 0 Å². The van der Waals surface area contributed by atoms with Crippen LogP contribution in [-0.2, 0) is 9.59 Å². The minimum Gasteiger partial charge on any atom is -0.321 e. The molecular formula is C32H26Cl2N2O2. The second-order valence-electron chi connectivity index (χ2n) is 8.77. The number of carbonyl (C=O) groups excluding carboxylic acids is 2. The smallest absolute Gasteiger partial charge is 0.267 e. The van der Waals surface area contributed by atoms with Gasteiger partial charge in [-0.3, -0.25) is 9.59 Å². The van der Waals surface area contributed by atoms with Crippen LogP contribution in [0.3, 0.4) is 0 Å². The summed E-state index contributed by atoms with van der Waals surface area (Å²) in [5.74, 6) is -0.746. The lowest BCUT2D eigenvalue weighted by molar-refractivity contribution is -0.113. The van der Waals surface area contributed by atoms with Gasteiger partial charge in [0.2, 0.25) is 0 Å². The lowest BCUT2D eigenvalue weighted by atomic mass is 10.00. The number of halogens is 2. The van der Waals surface area contributed by atoms with Crippen LogP contribution in [0.25, 0.3) is 23.3 Å². The van der Waals surface area contributed by atoms with Crippen molar-refractivity contribution in [3.05, 3.63) is 129 Å². The SMILES string of the molecule is Cc1cc(-c2ccc(NC(=O)C(Cl)=Cc3ccccc3)c(C)c2)ccc1NC(=O)C(Cl)=Cc1ccccc1. The predicted octanol–water partition coefficient (Wildman–Crippen LogP) is 8.41. The van der Waals surface area contributed by atoms with Crippen molar-refractivity contribution in [2.24, 2.45) is 0 Å². The highest BCUT2D eigenvalue weighted by Gasteiger charge is 2.12. The molecule has 0 saturated heterocycles. The van der Waals surface area contributed by atoms with Crippen LogP contribution in [0.15, 0.2) is 107 Å². The van der Waals surface area contributed by atoms with Crippen LogP contribution in [0.4, 0.5) is 11.4 Å². The molecule has 2 N–H and O–H groups in total. The van der Waals surface area contributed by atoms with Crippen LogP contribution in [0.5, 0.6) is 0 Å². The summed E-state index contributed by atoms with van der Waals surface area (Å²) in [5.41, 5.74) is 6.82. The number of nitrogens with one attached hydrogen (secondary N) is 2. The Morgan fingerprint density at radius 2 is 0.947 bits per heavy atom. The third-order valence-electron chi connectivity index (χ3n) is 5.90. The maximum atomic E-state index is 12.6. The van der Waals surface area contributed by atoms with Crippen molar-refractivity contribution in [1.82, 2.24) is 0 Å². The molecule has 0 heterocycles. The first-order chi connectivity index (χ1) is 18.3. The van der Waals surface area contributed by atoms with E-state index in [2.05, 4.69) is 10.6 Å². The maximum absolute atomic E-state index is 12.6. The Morgan fingerprint density at radius 3 is 1.29 bits per heavy atom. The third-order valence-corrected chi connectivity index (χ3v) is 6.46. The van der Waals surface area contributed by atoms with E-state index in [9.17, 15) is 9.59 Å². The summed E-state index contributed by atoms with van der Waals surface area (Å²) in [4.78, 5) is 25.2. The zero-order chi connectivity index (χ0) is 27.1. The number of amides is 2. The van der Waals surface area contributed by atoms with Crippen molar-refractivity contribution in [3.63, 3.8) is 0 Å². The summed E-state index contributed by atoms with van der Waals surface area (Å²) in [7, 11) is 0. The van der Waals surface area contributed by atoms with Gasteiger partial charge < -0.3 is 10.6 Å². The number of benzene rings is 4. The van der Waals surface area contributed by atoms with Crippen LogP contribution in [0, 0.1) is 13.8 Å². The summed E-state index contributed by atoms with van der Waals surface area (Å²) < 4.78 is 0. The van der Waals surface area contributed by atoms with Gasteiger partial charge in [-0.15, -0.1) is 0 Å². The van der Waals surface area contributed by atoms with Gasteiger partial charge in [-0.05, 0) is 83.6 Å². The molecule has 190 valence electrons. The van der Waals surface area contributed by atoms with E-state index in [1.54, 1.807) is 12.2 Å². The van der Waals surface area contributed by atoms with Gasteiger partial charge in [-0.1, -0.05) is 96.0 Å². The molecule has 38 heavy (non-hydrogen) atoms. The molecule has 0 aromatic heterocycles. The summed E-state index contributed by atoms with van der Waals surface area (Å²) in [5, 5.41) is 5.96. The number of hydrogen-bond donors (Lipinski definition) is 2. The number of carbonyl (C=O) groups is 2. The highest BCUT2D eigenvalue weighted by Crippen LogP contribution is 2.29. The standard InChI is InChI=1S/C32H26Cl2N2O2/c1-21-17-25(13-15-29(21)35-31(37)27(33)19-23-9-5-3-6-10-23)26-14-16-30(22(2)18-26)36-32(38)28(34)20-24-11-7-4-8-12-24/h3-20H,1-2H3,(H,35,37)(H,36,38). The molecule has 0 spiro atoms. The zero-order valence-electron chi connectivity index (χ0n) is 21.0. The van der Waals surface area contributed by atoms with E-state index in [0.717, 1.165) is 33.4 Å². The maximum Gasteiger partial charge on any atom is 0.267 e. The summed E-state index contributed by atoms with van der Waals surface area (Å²) in [6, 6.07) is 30.4. The van der Waals surface area contributed by atoms with Crippen LogP contribution in [0.2, 0.25) is 0 Å². The molecule has 0 aliphatic heterocycles. The van der Waals surface area contributed by atoms with Crippen molar-refractivity contribution < 1.29 is 9.59 Å². The Kier molecular flexibility index (Phi) is 8.80. The van der Waals surface area contributed by atoms with Gasteiger partial charge in [-0.2, -0.15) is 0 Å². The minimum atomic E-state index is -0.373. The molecule has 0 fully saturated rings. The number of rotatable bonds is 7. The number of hydrogen-bond acceptors (Lipinski definition) is 2. The van der Waals surface area contributed by atoms with E-state index >= 15 is 0 Å². The van der Waals surface area contributed by atoms with Crippen LogP contribution in [-0.4, -0.2) is 11.8 Å². The topological polar surface area (TPSA) is 58.2 Å². The first-order valence-electron chi connectivity index (χ1n) is 12.0. The average molecular weight is 541 g/mol. The van der Waals surface area contributed by atoms with Crippen molar-refractivity contribution in [2.75, 3.05) is 10.6 Å². The van der Waals surface area contributed by atoms with E-state index in [-0.39, 0.29) is 21.9 Å². The fourth-order valence-electron chi connectivity index (χ4n) is 3.85. The molecule has 6 heteroatoms. The Labute approximate surface area is 232 Å². The molecule has 4 aromatic rings. The van der Waals surface area contributed by atoms with Crippen molar-refractivity contribution >= 4 is 58.5 Å². The monoisotopic (exact) mass is 540 g/mol. The molecule has 0 aliphatic rings. The van der Waals surface area contributed by atoms with Gasteiger partial charge in [0, 0.05) is 11.4 Å². The second-order valence-corrected chi connectivity index (χ2v) is 9.59. The first kappa shape index (κ1) is 26.9. The lowest BCUT2D eigenvalue weighted by Crippen LogP contribution is -2.12. The average Bonchev–Trinajstić information content (AvgIpc) is 2.92. The molecule has 4 aromatic carbocycles. The van der Waals surface area contributed by atoms with E-state index in [1.165, 1.54) is 0 Å². The quantitative estimate of drug-likeness (QED) is 0.231. The predicted molar refractivity (Wildman–Crippen MR) is 159 cm³/mol. The Morgan fingerprint density at radius 1 is 0.579 bits per heavy atom. The summed E-state index contributed by atoms with van der Waals surface area (Å²) in [6.45, 7) is 3.85. The number of anilines is 2. The molecule has 0 unspecified atom stereocenters. The zero-order valence-corrected chi connectivity index (χ0v) is 22.5. The Bertz CT molecular complexity index is 1410. The molecule has 0 saturated carbocycles. The van der Waals surface area contributed by atoms with Crippen LogP contribution < -0.4 is 10.6 Å². The fraction of sp³-hybridized carbons (Fsp3) is 0.0625. The van der Waals surface area contributed by atoms with E-state index in [0.29, 0.717) is 11.4 Å². The van der Waals surface area contributed by atoms with Crippen molar-refractivity contribution in [1.29, 1.82) is 0 Å². The van der Waals surface area contributed by atoms with Crippen molar-refractivity contribution in [3.8, 4) is 11.1 Å². The molecule has 4 nitrogen and oxygen atoms in total. The Balaban J connectivity index is 1.45. The molecule has 2 amide bonds. The molecule has 0 radical (unpaired) electrons. The highest BCUT2D eigenvalue weighted by atomic mass is 35.5. The third kappa shape index (κ3) is 7.00. The van der Waals surface area contributed by atoms with E-state index in [1.807, 2.05) is 111 Å². The normalized spacial score (nSPS) is 11.7. The molecule has 0 atom stereocenters. The lowest BCUT2D eigenvalue weighted by Gasteiger charge is -2.13. The number of aryl methyl sites for hydroxylation is 2. The minimum absolute atomic E-state index is 0.103. The summed E-state index contributed by atoms with van der Waals surface area (Å²) in [6.07, 6.45) is 3.27. The van der Waals surface area contributed by atoms with Gasteiger partial charge in [0.1, 0.15) is 10.1 Å². The van der Waals surface area contributed by atoms with Crippen molar-refractivity contribution in [2.45, 2.75) is 13.8 Å². The molecule has 0 bridgehead atoms. The fourth-order valence-corrected chi connectivity index (χ4v) is 4.20.